The summed E-state index contributed by atoms with van der Waals surface area (Å²) in [6.07, 6.45) is 9.95. The van der Waals surface area contributed by atoms with Gasteiger partial charge in [-0.05, 0) is 39.2 Å². The first-order valence-electron chi connectivity index (χ1n) is 10.7. The molecule has 4 heterocycles. The van der Waals surface area contributed by atoms with Crippen molar-refractivity contribution in [2.24, 2.45) is 0 Å². The van der Waals surface area contributed by atoms with Gasteiger partial charge >= 0.3 is 0 Å². The summed E-state index contributed by atoms with van der Waals surface area (Å²) in [6, 6.07) is 0. The van der Waals surface area contributed by atoms with E-state index in [0.717, 1.165) is 45.6 Å². The SMILES string of the molecule is CCCN1CCc2[nH]cnc2C12CCN(Cc1cn(CCC)nc1C)CC2. The van der Waals surface area contributed by atoms with E-state index in [1.54, 1.807) is 0 Å². The van der Waals surface area contributed by atoms with Crippen LogP contribution in [-0.4, -0.2) is 55.7 Å². The number of piperidine rings is 1. The van der Waals surface area contributed by atoms with Crippen LogP contribution >= 0.6 is 0 Å². The average Bonchev–Trinajstić information content (AvgIpc) is 3.27. The Labute approximate surface area is 163 Å². The maximum absolute atomic E-state index is 4.78. The van der Waals surface area contributed by atoms with Crippen molar-refractivity contribution in [2.45, 2.75) is 71.5 Å². The van der Waals surface area contributed by atoms with E-state index >= 15 is 0 Å². The summed E-state index contributed by atoms with van der Waals surface area (Å²) in [4.78, 5) is 13.5. The third-order valence-corrected chi connectivity index (χ3v) is 6.47. The molecule has 27 heavy (non-hydrogen) atoms. The lowest BCUT2D eigenvalue weighted by molar-refractivity contribution is 0.00348. The molecule has 2 aromatic heterocycles. The molecule has 0 atom stereocenters. The van der Waals surface area contributed by atoms with Crippen LogP contribution in [-0.2, 0) is 25.0 Å². The van der Waals surface area contributed by atoms with Crippen LogP contribution in [0, 0.1) is 6.92 Å². The van der Waals surface area contributed by atoms with Crippen molar-refractivity contribution in [3.05, 3.63) is 35.2 Å². The molecular weight excluding hydrogens is 336 g/mol. The second kappa shape index (κ2) is 7.76. The normalized spacial score (nSPS) is 20.3. The van der Waals surface area contributed by atoms with Gasteiger partial charge in [0.15, 0.2) is 0 Å². The molecule has 2 aliphatic rings. The molecule has 0 amide bonds. The highest BCUT2D eigenvalue weighted by molar-refractivity contribution is 5.27. The molecule has 2 aliphatic heterocycles. The van der Waals surface area contributed by atoms with Gasteiger partial charge in [0, 0.05) is 56.6 Å². The summed E-state index contributed by atoms with van der Waals surface area (Å²) in [5.41, 5.74) is 5.40. The van der Waals surface area contributed by atoms with Crippen LogP contribution in [0.3, 0.4) is 0 Å². The standard InChI is InChI=1S/C21H34N6/c1-4-9-26-11-6-19-20(23-16-22-19)21(26)7-12-25(13-8-21)14-18-15-27(10-5-2)24-17(18)3/h15-16H,4-14H2,1-3H3,(H,22,23). The van der Waals surface area contributed by atoms with E-state index in [9.17, 15) is 0 Å². The molecule has 1 saturated heterocycles. The number of aryl methyl sites for hydroxylation is 2. The predicted octanol–water partition coefficient (Wildman–Crippen LogP) is 3.08. The Bertz CT molecular complexity index is 753. The fourth-order valence-corrected chi connectivity index (χ4v) is 5.05. The third-order valence-electron chi connectivity index (χ3n) is 6.47. The van der Waals surface area contributed by atoms with E-state index < -0.39 is 0 Å². The Balaban J connectivity index is 1.47. The van der Waals surface area contributed by atoms with E-state index in [0.29, 0.717) is 0 Å². The second-order valence-electron chi connectivity index (χ2n) is 8.28. The van der Waals surface area contributed by atoms with Gasteiger partial charge in [0.05, 0.1) is 23.3 Å². The molecule has 0 aliphatic carbocycles. The highest BCUT2D eigenvalue weighted by Gasteiger charge is 2.46. The monoisotopic (exact) mass is 370 g/mol. The number of hydrogen-bond acceptors (Lipinski definition) is 4. The fraction of sp³-hybridized carbons (Fsp3) is 0.714. The molecule has 148 valence electrons. The minimum Gasteiger partial charge on any atom is -0.348 e. The highest BCUT2D eigenvalue weighted by atomic mass is 15.3. The lowest BCUT2D eigenvalue weighted by atomic mass is 9.78. The molecule has 1 spiro atoms. The predicted molar refractivity (Wildman–Crippen MR) is 108 cm³/mol. The summed E-state index contributed by atoms with van der Waals surface area (Å²) in [5.74, 6) is 0. The number of aromatic nitrogens is 4. The van der Waals surface area contributed by atoms with Crippen LogP contribution in [0.25, 0.3) is 0 Å². The molecule has 0 unspecified atom stereocenters. The number of nitrogens with zero attached hydrogens (tertiary/aromatic N) is 5. The van der Waals surface area contributed by atoms with Gasteiger partial charge in [-0.1, -0.05) is 13.8 Å². The third kappa shape index (κ3) is 3.45. The number of nitrogens with one attached hydrogen (secondary N) is 1. The average molecular weight is 371 g/mol. The first-order valence-corrected chi connectivity index (χ1v) is 10.7. The first kappa shape index (κ1) is 18.7. The van der Waals surface area contributed by atoms with Gasteiger partial charge in [0.25, 0.3) is 0 Å². The summed E-state index contributed by atoms with van der Waals surface area (Å²) < 4.78 is 2.11. The zero-order valence-electron chi connectivity index (χ0n) is 17.2. The Morgan fingerprint density at radius 3 is 2.63 bits per heavy atom. The topological polar surface area (TPSA) is 53.0 Å². The van der Waals surface area contributed by atoms with Crippen LogP contribution in [0.2, 0.25) is 0 Å². The highest BCUT2D eigenvalue weighted by Crippen LogP contribution is 2.42. The first-order chi connectivity index (χ1) is 13.2. The summed E-state index contributed by atoms with van der Waals surface area (Å²) >= 11 is 0. The zero-order valence-corrected chi connectivity index (χ0v) is 17.2. The van der Waals surface area contributed by atoms with Crippen molar-refractivity contribution in [3.8, 4) is 0 Å². The van der Waals surface area contributed by atoms with Crippen LogP contribution in [0.4, 0.5) is 0 Å². The van der Waals surface area contributed by atoms with Gasteiger partial charge in [-0.15, -0.1) is 0 Å². The number of likely N-dealkylation sites (tertiary alicyclic amines) is 1. The van der Waals surface area contributed by atoms with E-state index in [1.165, 1.54) is 48.5 Å². The summed E-state index contributed by atoms with van der Waals surface area (Å²) in [7, 11) is 0. The van der Waals surface area contributed by atoms with E-state index in [1.807, 2.05) is 6.33 Å². The molecule has 2 aromatic rings. The lowest BCUT2D eigenvalue weighted by Gasteiger charge is -2.50. The van der Waals surface area contributed by atoms with Crippen LogP contribution in [0.15, 0.2) is 12.5 Å². The minimum absolute atomic E-state index is 0.140. The summed E-state index contributed by atoms with van der Waals surface area (Å²) in [5, 5.41) is 4.68. The van der Waals surface area contributed by atoms with Crippen molar-refractivity contribution in [2.75, 3.05) is 26.2 Å². The maximum Gasteiger partial charge on any atom is 0.0926 e. The maximum atomic E-state index is 4.78. The van der Waals surface area contributed by atoms with Gasteiger partial charge < -0.3 is 4.98 Å². The van der Waals surface area contributed by atoms with Crippen molar-refractivity contribution < 1.29 is 0 Å². The quantitative estimate of drug-likeness (QED) is 0.849. The van der Waals surface area contributed by atoms with Crippen LogP contribution in [0.5, 0.6) is 0 Å². The lowest BCUT2D eigenvalue weighted by Crippen LogP contribution is -2.56. The Morgan fingerprint density at radius 1 is 1.11 bits per heavy atom. The molecule has 1 fully saturated rings. The van der Waals surface area contributed by atoms with Crippen molar-refractivity contribution in [1.82, 2.24) is 29.5 Å². The number of H-pyrrole nitrogens is 1. The molecule has 0 radical (unpaired) electrons. The number of aromatic amines is 1. The van der Waals surface area contributed by atoms with Gasteiger partial charge in [0.1, 0.15) is 0 Å². The summed E-state index contributed by atoms with van der Waals surface area (Å²) in [6.45, 7) is 13.3. The van der Waals surface area contributed by atoms with Crippen molar-refractivity contribution >= 4 is 0 Å². The fourth-order valence-electron chi connectivity index (χ4n) is 5.05. The Morgan fingerprint density at radius 2 is 1.89 bits per heavy atom. The van der Waals surface area contributed by atoms with Gasteiger partial charge in [-0.2, -0.15) is 5.10 Å². The molecule has 6 heteroatoms. The zero-order chi connectivity index (χ0) is 18.9. The van der Waals surface area contributed by atoms with Gasteiger partial charge in [-0.3, -0.25) is 14.5 Å². The molecule has 1 N–H and O–H groups in total. The smallest absolute Gasteiger partial charge is 0.0926 e. The van der Waals surface area contributed by atoms with Gasteiger partial charge in [-0.25, -0.2) is 4.98 Å². The van der Waals surface area contributed by atoms with E-state index in [2.05, 4.69) is 51.5 Å². The molecule has 0 bridgehead atoms. The van der Waals surface area contributed by atoms with E-state index in [-0.39, 0.29) is 5.54 Å². The number of fused-ring (bicyclic) bond motifs is 2. The van der Waals surface area contributed by atoms with Crippen LogP contribution in [0.1, 0.15) is 62.2 Å². The number of hydrogen-bond donors (Lipinski definition) is 1. The minimum atomic E-state index is 0.140. The largest absolute Gasteiger partial charge is 0.348 e. The number of imidazole rings is 1. The van der Waals surface area contributed by atoms with Gasteiger partial charge in [0.2, 0.25) is 0 Å². The Kier molecular flexibility index (Phi) is 5.37. The molecule has 4 rings (SSSR count). The van der Waals surface area contributed by atoms with Crippen molar-refractivity contribution in [1.29, 1.82) is 0 Å². The van der Waals surface area contributed by atoms with E-state index in [4.69, 9.17) is 4.98 Å². The van der Waals surface area contributed by atoms with Crippen LogP contribution < -0.4 is 0 Å². The molecule has 0 saturated carbocycles. The molecule has 0 aromatic carbocycles. The second-order valence-corrected chi connectivity index (χ2v) is 8.28. The number of rotatable bonds is 6. The van der Waals surface area contributed by atoms with Crippen molar-refractivity contribution in [3.63, 3.8) is 0 Å². The Hall–Kier alpha value is -1.66. The molecule has 6 nitrogen and oxygen atoms in total. The molecular formula is C21H34N6.